The molecule has 0 spiro atoms. The highest BCUT2D eigenvalue weighted by Gasteiger charge is 2.40. The van der Waals surface area contributed by atoms with Gasteiger partial charge in [-0.05, 0) is 52.3 Å². The number of thiazole rings is 1. The zero-order valence-corrected chi connectivity index (χ0v) is 21.2. The minimum atomic E-state index is -0.495. The molecule has 4 heterocycles. The summed E-state index contributed by atoms with van der Waals surface area (Å²) < 4.78 is 11.4. The number of rotatable bonds is 7. The van der Waals surface area contributed by atoms with Gasteiger partial charge in [-0.3, -0.25) is 9.88 Å². The molecule has 1 aliphatic rings. The van der Waals surface area contributed by atoms with Crippen LogP contribution in [0.5, 0.6) is 0 Å². The predicted molar refractivity (Wildman–Crippen MR) is 132 cm³/mol. The number of hydrogen-bond acceptors (Lipinski definition) is 9. The highest BCUT2D eigenvalue weighted by atomic mass is 35.5. The van der Waals surface area contributed by atoms with Crippen molar-refractivity contribution < 1.29 is 14.3 Å². The zero-order chi connectivity index (χ0) is 24.5. The van der Waals surface area contributed by atoms with Crippen molar-refractivity contribution in [3.63, 3.8) is 0 Å². The molecule has 1 aliphatic heterocycles. The molecule has 3 aromatic rings. The van der Waals surface area contributed by atoms with Crippen LogP contribution in [0.1, 0.15) is 45.7 Å². The SMILES string of the molecule is C[C@H](Nc1nc(Cl)cc(N2C(=O)OC[C@@H]2[C@@H](C)OC(C)(C)C)n1)c1ncc(-c2ccncc2)s1. The van der Waals surface area contributed by atoms with E-state index in [-0.39, 0.29) is 35.5 Å². The largest absolute Gasteiger partial charge is 0.447 e. The highest BCUT2D eigenvalue weighted by Crippen LogP contribution is 2.32. The standard InChI is InChI=1S/C23H27ClN6O3S/c1-13(20-26-11-17(34-20)15-6-8-25-9-7-15)27-21-28-18(24)10-19(29-21)30-16(12-32-22(30)31)14(2)33-23(3,4)5/h6-11,13-14,16H,12H2,1-5H3,(H,27,28,29)/t13-,14+,16+/m0/s1. The van der Waals surface area contributed by atoms with Crippen LogP contribution >= 0.6 is 22.9 Å². The van der Waals surface area contributed by atoms with Crippen LogP contribution in [-0.2, 0) is 9.47 Å². The first kappa shape index (κ1) is 24.3. The molecule has 0 aromatic carbocycles. The van der Waals surface area contributed by atoms with Crippen LogP contribution in [0.3, 0.4) is 0 Å². The Morgan fingerprint density at radius 2 is 2.00 bits per heavy atom. The van der Waals surface area contributed by atoms with E-state index >= 15 is 0 Å². The van der Waals surface area contributed by atoms with Gasteiger partial charge in [-0.1, -0.05) is 11.6 Å². The van der Waals surface area contributed by atoms with Gasteiger partial charge in [-0.25, -0.2) is 14.8 Å². The summed E-state index contributed by atoms with van der Waals surface area (Å²) in [6.45, 7) is 9.98. The lowest BCUT2D eigenvalue weighted by atomic mass is 10.1. The van der Waals surface area contributed by atoms with Crippen molar-refractivity contribution in [2.75, 3.05) is 16.8 Å². The van der Waals surface area contributed by atoms with Crippen LogP contribution in [0.2, 0.25) is 5.15 Å². The van der Waals surface area contributed by atoms with Crippen LogP contribution < -0.4 is 10.2 Å². The number of hydrogen-bond donors (Lipinski definition) is 1. The summed E-state index contributed by atoms with van der Waals surface area (Å²) in [5.74, 6) is 0.640. The van der Waals surface area contributed by atoms with Gasteiger partial charge in [0, 0.05) is 24.7 Å². The summed E-state index contributed by atoms with van der Waals surface area (Å²) in [5.41, 5.74) is 0.683. The van der Waals surface area contributed by atoms with Crippen molar-refractivity contribution in [2.24, 2.45) is 0 Å². The van der Waals surface area contributed by atoms with Gasteiger partial charge < -0.3 is 14.8 Å². The first-order valence-corrected chi connectivity index (χ1v) is 12.1. The van der Waals surface area contributed by atoms with Crippen molar-refractivity contribution in [1.82, 2.24) is 19.9 Å². The zero-order valence-electron chi connectivity index (χ0n) is 19.7. The molecular weight excluding hydrogens is 476 g/mol. The fraction of sp³-hybridized carbons (Fsp3) is 0.435. The van der Waals surface area contributed by atoms with Crippen molar-refractivity contribution in [3.8, 4) is 10.4 Å². The summed E-state index contributed by atoms with van der Waals surface area (Å²) in [6, 6.07) is 4.90. The summed E-state index contributed by atoms with van der Waals surface area (Å²) in [5, 5.41) is 4.31. The first-order chi connectivity index (χ1) is 16.1. The van der Waals surface area contributed by atoms with E-state index in [0.29, 0.717) is 11.8 Å². The molecule has 34 heavy (non-hydrogen) atoms. The number of nitrogens with one attached hydrogen (secondary N) is 1. The van der Waals surface area contributed by atoms with Crippen LogP contribution in [0, 0.1) is 0 Å². The maximum absolute atomic E-state index is 12.6. The quantitative estimate of drug-likeness (QED) is 0.431. The molecule has 9 nitrogen and oxygen atoms in total. The van der Waals surface area contributed by atoms with E-state index < -0.39 is 6.09 Å². The average molecular weight is 503 g/mol. The lowest BCUT2D eigenvalue weighted by molar-refractivity contribution is -0.0618. The van der Waals surface area contributed by atoms with E-state index in [1.807, 2.05) is 52.9 Å². The van der Waals surface area contributed by atoms with E-state index in [0.717, 1.165) is 15.4 Å². The molecule has 0 aliphatic carbocycles. The molecule has 3 aromatic heterocycles. The third-order valence-electron chi connectivity index (χ3n) is 5.12. The number of pyridine rings is 1. The second-order valence-electron chi connectivity index (χ2n) is 8.99. The van der Waals surface area contributed by atoms with E-state index in [4.69, 9.17) is 21.1 Å². The van der Waals surface area contributed by atoms with Gasteiger partial charge in [0.05, 0.1) is 22.6 Å². The second kappa shape index (κ2) is 9.81. The molecule has 4 rings (SSSR count). The fourth-order valence-electron chi connectivity index (χ4n) is 3.67. The lowest BCUT2D eigenvalue weighted by Gasteiger charge is -2.31. The monoisotopic (exact) mass is 502 g/mol. The smallest absolute Gasteiger partial charge is 0.416 e. The molecule has 0 radical (unpaired) electrons. The van der Waals surface area contributed by atoms with Gasteiger partial charge in [0.15, 0.2) is 0 Å². The minimum Gasteiger partial charge on any atom is -0.447 e. The number of anilines is 2. The Hall–Kier alpha value is -2.82. The first-order valence-electron chi connectivity index (χ1n) is 10.9. The Morgan fingerprint density at radius 1 is 1.26 bits per heavy atom. The molecular formula is C23H27ClN6O3S. The van der Waals surface area contributed by atoms with E-state index in [1.54, 1.807) is 29.8 Å². The van der Waals surface area contributed by atoms with Gasteiger partial charge in [0.2, 0.25) is 5.95 Å². The molecule has 180 valence electrons. The number of ether oxygens (including phenoxy) is 2. The number of carbonyl (C=O) groups excluding carboxylic acids is 1. The van der Waals surface area contributed by atoms with Crippen molar-refractivity contribution in [3.05, 3.63) is 47.0 Å². The van der Waals surface area contributed by atoms with Gasteiger partial charge >= 0.3 is 6.09 Å². The molecule has 1 N–H and O–H groups in total. The molecule has 0 saturated carbocycles. The van der Waals surface area contributed by atoms with Crippen LogP contribution in [0.25, 0.3) is 10.4 Å². The Morgan fingerprint density at radius 3 is 2.71 bits per heavy atom. The Kier molecular flexibility index (Phi) is 7.01. The number of carbonyl (C=O) groups is 1. The molecule has 0 bridgehead atoms. The summed E-state index contributed by atoms with van der Waals surface area (Å²) in [7, 11) is 0. The molecule has 1 amide bonds. The van der Waals surface area contributed by atoms with Gasteiger partial charge in [-0.15, -0.1) is 11.3 Å². The van der Waals surface area contributed by atoms with E-state index in [1.165, 1.54) is 4.90 Å². The van der Waals surface area contributed by atoms with Crippen LogP contribution in [0.15, 0.2) is 36.8 Å². The predicted octanol–water partition coefficient (Wildman–Crippen LogP) is 5.35. The molecule has 3 atom stereocenters. The normalized spacial score (nSPS) is 18.0. The van der Waals surface area contributed by atoms with Gasteiger partial charge in [0.1, 0.15) is 28.6 Å². The summed E-state index contributed by atoms with van der Waals surface area (Å²) in [6.07, 6.45) is 4.56. The number of amides is 1. The van der Waals surface area contributed by atoms with Gasteiger partial charge in [0.25, 0.3) is 0 Å². The summed E-state index contributed by atoms with van der Waals surface area (Å²) in [4.78, 5) is 32.5. The van der Waals surface area contributed by atoms with Gasteiger partial charge in [-0.2, -0.15) is 4.98 Å². The third-order valence-corrected chi connectivity index (χ3v) is 6.54. The molecule has 0 unspecified atom stereocenters. The van der Waals surface area contributed by atoms with E-state index in [2.05, 4.69) is 25.3 Å². The van der Waals surface area contributed by atoms with Crippen LogP contribution in [-0.4, -0.2) is 50.4 Å². The summed E-state index contributed by atoms with van der Waals surface area (Å²) >= 11 is 7.87. The van der Waals surface area contributed by atoms with Crippen molar-refractivity contribution in [2.45, 2.75) is 58.4 Å². The lowest BCUT2D eigenvalue weighted by Crippen LogP contribution is -2.45. The molecule has 1 saturated heterocycles. The Labute approximate surface area is 207 Å². The Bertz CT molecular complexity index is 1150. The maximum atomic E-state index is 12.6. The maximum Gasteiger partial charge on any atom is 0.416 e. The number of nitrogens with zero attached hydrogens (tertiary/aromatic N) is 5. The highest BCUT2D eigenvalue weighted by molar-refractivity contribution is 7.15. The Balaban J connectivity index is 1.54. The van der Waals surface area contributed by atoms with E-state index in [9.17, 15) is 4.79 Å². The topological polar surface area (TPSA) is 102 Å². The third kappa shape index (κ3) is 5.63. The number of cyclic esters (lactones) is 1. The average Bonchev–Trinajstić information content (AvgIpc) is 3.40. The minimum absolute atomic E-state index is 0.184. The van der Waals surface area contributed by atoms with Crippen molar-refractivity contribution in [1.29, 1.82) is 0 Å². The van der Waals surface area contributed by atoms with Crippen LogP contribution in [0.4, 0.5) is 16.6 Å². The number of aromatic nitrogens is 4. The second-order valence-corrected chi connectivity index (χ2v) is 10.4. The molecule has 1 fully saturated rings. The fourth-order valence-corrected chi connectivity index (χ4v) is 4.77. The number of halogens is 1. The molecule has 11 heteroatoms. The van der Waals surface area contributed by atoms with Crippen molar-refractivity contribution >= 4 is 40.8 Å².